The smallest absolute Gasteiger partial charge is 0.253 e. The van der Waals surface area contributed by atoms with Crippen molar-refractivity contribution in [3.63, 3.8) is 0 Å². The maximum absolute atomic E-state index is 5.94. The summed E-state index contributed by atoms with van der Waals surface area (Å²) in [6.07, 6.45) is 12.0. The highest BCUT2D eigenvalue weighted by Crippen LogP contribution is 2.31. The van der Waals surface area contributed by atoms with Crippen LogP contribution in [0.15, 0.2) is 30.6 Å². The third kappa shape index (κ3) is 5.11. The maximum Gasteiger partial charge on any atom is 0.253 e. The van der Waals surface area contributed by atoms with Crippen molar-refractivity contribution in [2.24, 2.45) is 0 Å². The van der Waals surface area contributed by atoms with Gasteiger partial charge in [0.25, 0.3) is 5.88 Å². The Hall–Kier alpha value is -1.79. The molecule has 0 radical (unpaired) electrons. The fourth-order valence-corrected chi connectivity index (χ4v) is 4.04. The van der Waals surface area contributed by atoms with Crippen molar-refractivity contribution in [3.8, 4) is 5.88 Å². The highest BCUT2D eigenvalue weighted by atomic mass is 32.1. The number of hydrogen-bond acceptors (Lipinski definition) is 5. The van der Waals surface area contributed by atoms with E-state index < -0.39 is 0 Å². The van der Waals surface area contributed by atoms with E-state index in [1.807, 2.05) is 18.5 Å². The van der Waals surface area contributed by atoms with Gasteiger partial charge in [-0.3, -0.25) is 4.98 Å². The van der Waals surface area contributed by atoms with Crippen LogP contribution in [0.3, 0.4) is 0 Å². The van der Waals surface area contributed by atoms with Crippen molar-refractivity contribution in [3.05, 3.63) is 41.9 Å². The molecule has 6 heteroatoms. The summed E-state index contributed by atoms with van der Waals surface area (Å²) in [5.74, 6) is 0.715. The molecular weight excluding hydrogens is 344 g/mol. The lowest BCUT2D eigenvalue weighted by Gasteiger charge is -2.37. The molecule has 3 rings (SSSR count). The van der Waals surface area contributed by atoms with E-state index >= 15 is 0 Å². The van der Waals surface area contributed by atoms with Crippen LogP contribution in [0.1, 0.15) is 50.3 Å². The normalized spacial score (nSPS) is 20.0. The molecule has 1 aliphatic rings. The molecule has 0 amide bonds. The van der Waals surface area contributed by atoms with E-state index in [2.05, 4.69) is 39.8 Å². The second kappa shape index (κ2) is 9.24. The molecule has 2 aromatic rings. The van der Waals surface area contributed by atoms with Crippen LogP contribution in [0.2, 0.25) is 0 Å². The van der Waals surface area contributed by atoms with Crippen LogP contribution in [0.5, 0.6) is 5.88 Å². The summed E-state index contributed by atoms with van der Waals surface area (Å²) in [5, 5.41) is 0. The fourth-order valence-electron chi connectivity index (χ4n) is 3.51. The molecule has 1 unspecified atom stereocenters. The first-order valence-corrected chi connectivity index (χ1v) is 10.3. The average molecular weight is 374 g/mol. The van der Waals surface area contributed by atoms with E-state index in [1.54, 1.807) is 0 Å². The molecule has 2 aromatic heterocycles. The molecular formula is C20H29N4OS+. The van der Waals surface area contributed by atoms with Gasteiger partial charge >= 0.3 is 0 Å². The molecule has 0 bridgehead atoms. The second-order valence-electron chi connectivity index (χ2n) is 7.37. The van der Waals surface area contributed by atoms with E-state index in [4.69, 9.17) is 4.74 Å². The summed E-state index contributed by atoms with van der Waals surface area (Å²) in [6.45, 7) is 6.01. The van der Waals surface area contributed by atoms with Crippen LogP contribution in [0.4, 0.5) is 0 Å². The zero-order valence-electron chi connectivity index (χ0n) is 15.9. The van der Waals surface area contributed by atoms with Gasteiger partial charge in [-0.2, -0.15) is 4.37 Å². The Labute approximate surface area is 160 Å². The van der Waals surface area contributed by atoms with Crippen molar-refractivity contribution in [2.45, 2.75) is 45.6 Å². The minimum atomic E-state index is 0.715. The van der Waals surface area contributed by atoms with Crippen LogP contribution < -0.4 is 4.74 Å². The first-order chi connectivity index (χ1) is 12.7. The molecule has 26 heavy (non-hydrogen) atoms. The molecule has 0 aliphatic carbocycles. The lowest BCUT2D eigenvalue weighted by Crippen LogP contribution is -2.46. The molecule has 1 aliphatic heterocycles. The number of nitrogens with zero attached hydrogens (tertiary/aromatic N) is 4. The summed E-state index contributed by atoms with van der Waals surface area (Å²) in [5.41, 5.74) is 3.49. The van der Waals surface area contributed by atoms with Gasteiger partial charge in [-0.15, -0.1) is 4.37 Å². The van der Waals surface area contributed by atoms with Crippen molar-refractivity contribution < 1.29 is 9.22 Å². The van der Waals surface area contributed by atoms with Crippen LogP contribution in [-0.2, 0) is 6.54 Å². The number of aromatic nitrogens is 3. The lowest BCUT2D eigenvalue weighted by atomic mass is 10.0. The predicted octanol–water partition coefficient (Wildman–Crippen LogP) is 4.33. The molecule has 1 atom stereocenters. The molecule has 0 fully saturated rings. The number of ether oxygens (including phenoxy) is 1. The summed E-state index contributed by atoms with van der Waals surface area (Å²) < 4.78 is 15.8. The number of quaternary nitrogens is 1. The molecule has 5 nitrogen and oxygen atoms in total. The Morgan fingerprint density at radius 2 is 2.15 bits per heavy atom. The van der Waals surface area contributed by atoms with Crippen LogP contribution >= 0.6 is 11.7 Å². The molecule has 140 valence electrons. The minimum Gasteiger partial charge on any atom is -0.475 e. The Morgan fingerprint density at radius 1 is 1.23 bits per heavy atom. The van der Waals surface area contributed by atoms with Gasteiger partial charge in [-0.05, 0) is 12.5 Å². The summed E-state index contributed by atoms with van der Waals surface area (Å²) in [4.78, 5) is 4.25. The Balaban J connectivity index is 1.63. The van der Waals surface area contributed by atoms with Gasteiger partial charge in [0.2, 0.25) is 0 Å². The largest absolute Gasteiger partial charge is 0.475 e. The zero-order chi connectivity index (χ0) is 18.2. The Bertz CT molecular complexity index is 716. The fraction of sp³-hybridized carbons (Fsp3) is 0.550. The summed E-state index contributed by atoms with van der Waals surface area (Å²) in [7, 11) is 2.31. The van der Waals surface area contributed by atoms with Crippen molar-refractivity contribution in [1.82, 2.24) is 13.7 Å². The maximum atomic E-state index is 5.94. The summed E-state index contributed by atoms with van der Waals surface area (Å²) in [6, 6.07) is 4.17. The van der Waals surface area contributed by atoms with E-state index in [1.165, 1.54) is 42.1 Å². The van der Waals surface area contributed by atoms with Crippen LogP contribution in [0, 0.1) is 0 Å². The molecule has 0 saturated carbocycles. The monoisotopic (exact) mass is 373 g/mol. The van der Waals surface area contributed by atoms with Gasteiger partial charge in [0.1, 0.15) is 18.8 Å². The van der Waals surface area contributed by atoms with Gasteiger partial charge < -0.3 is 9.22 Å². The standard InChI is InChI=1S/C20H29N4OS/c1-3-4-5-6-13-25-20-19(22-26-23-20)18-10-8-12-24(2,16-18)15-17-9-7-11-21-14-17/h7,9-11,14H,3-6,8,12-13,15-16H2,1-2H3/q+1. The Morgan fingerprint density at radius 3 is 2.96 bits per heavy atom. The predicted molar refractivity (Wildman–Crippen MR) is 106 cm³/mol. The van der Waals surface area contributed by atoms with Gasteiger partial charge in [0.05, 0.1) is 31.9 Å². The van der Waals surface area contributed by atoms with E-state index in [0.717, 1.165) is 49.3 Å². The second-order valence-corrected chi connectivity index (χ2v) is 7.89. The minimum absolute atomic E-state index is 0.715. The highest BCUT2D eigenvalue weighted by molar-refractivity contribution is 6.99. The van der Waals surface area contributed by atoms with Gasteiger partial charge in [0.15, 0.2) is 0 Å². The topological polar surface area (TPSA) is 47.9 Å². The quantitative estimate of drug-likeness (QED) is 0.485. The first kappa shape index (κ1) is 19.0. The summed E-state index contributed by atoms with van der Waals surface area (Å²) >= 11 is 1.25. The average Bonchev–Trinajstić information content (AvgIpc) is 3.11. The molecule has 0 saturated heterocycles. The van der Waals surface area contributed by atoms with E-state index in [0.29, 0.717) is 5.88 Å². The number of likely N-dealkylation sites (N-methyl/N-ethyl adjacent to an activating group) is 1. The van der Waals surface area contributed by atoms with Gasteiger partial charge in [0, 0.05) is 30.0 Å². The van der Waals surface area contributed by atoms with Crippen molar-refractivity contribution in [2.75, 3.05) is 26.7 Å². The van der Waals surface area contributed by atoms with Crippen molar-refractivity contribution >= 4 is 17.3 Å². The van der Waals surface area contributed by atoms with Gasteiger partial charge in [-0.25, -0.2) is 0 Å². The van der Waals surface area contributed by atoms with E-state index in [-0.39, 0.29) is 0 Å². The first-order valence-electron chi connectivity index (χ1n) is 9.57. The molecule has 3 heterocycles. The van der Waals surface area contributed by atoms with Crippen LogP contribution in [-0.4, -0.2) is 45.0 Å². The third-order valence-corrected chi connectivity index (χ3v) is 5.41. The van der Waals surface area contributed by atoms with Crippen LogP contribution in [0.25, 0.3) is 5.57 Å². The number of rotatable bonds is 9. The van der Waals surface area contributed by atoms with Crippen molar-refractivity contribution in [1.29, 1.82) is 0 Å². The van der Waals surface area contributed by atoms with Gasteiger partial charge in [-0.1, -0.05) is 38.3 Å². The molecule has 0 N–H and O–H groups in total. The number of hydrogen-bond donors (Lipinski definition) is 0. The Kier molecular flexibility index (Phi) is 6.74. The zero-order valence-corrected chi connectivity index (χ0v) is 16.7. The third-order valence-electron chi connectivity index (χ3n) is 4.90. The molecule has 0 spiro atoms. The SMILES string of the molecule is CCCCCCOc1nsnc1C1=CCC[N+](C)(Cc2cccnc2)C1. The number of pyridine rings is 1. The van der Waals surface area contributed by atoms with E-state index in [9.17, 15) is 0 Å². The highest BCUT2D eigenvalue weighted by Gasteiger charge is 2.30. The molecule has 0 aromatic carbocycles. The lowest BCUT2D eigenvalue weighted by molar-refractivity contribution is -0.916. The number of unbranched alkanes of at least 4 members (excludes halogenated alkanes) is 3.